The lowest BCUT2D eigenvalue weighted by molar-refractivity contribution is -0.126. The average molecular weight is 453 g/mol. The molecule has 2 aliphatic rings. The van der Waals surface area contributed by atoms with Crippen LogP contribution in [0.2, 0.25) is 0 Å². The van der Waals surface area contributed by atoms with E-state index in [1.807, 2.05) is 6.92 Å². The van der Waals surface area contributed by atoms with Gasteiger partial charge in [-0.3, -0.25) is 9.59 Å². The zero-order valence-electron chi connectivity index (χ0n) is 19.9. The normalized spacial score (nSPS) is 20.6. The van der Waals surface area contributed by atoms with E-state index < -0.39 is 5.41 Å². The Morgan fingerprint density at radius 1 is 1.33 bits per heavy atom. The van der Waals surface area contributed by atoms with Crippen molar-refractivity contribution in [1.29, 1.82) is 0 Å². The molecular formula is C24H32N6O3. The Hall–Kier alpha value is -3.36. The number of ether oxygens (including phenoxy) is 1. The summed E-state index contributed by atoms with van der Waals surface area (Å²) >= 11 is 0. The van der Waals surface area contributed by atoms with E-state index in [1.165, 1.54) is 6.42 Å². The van der Waals surface area contributed by atoms with Crippen molar-refractivity contribution >= 4 is 35.0 Å². The number of fused-ring (bicyclic) bond motifs is 1. The van der Waals surface area contributed by atoms with E-state index in [9.17, 15) is 9.59 Å². The second-order valence-corrected chi connectivity index (χ2v) is 9.01. The van der Waals surface area contributed by atoms with Gasteiger partial charge in [-0.05, 0) is 50.8 Å². The number of rotatable bonds is 6. The Balaban J connectivity index is 1.72. The molecular weight excluding hydrogens is 420 g/mol. The number of amides is 2. The molecule has 1 unspecified atom stereocenters. The topological polar surface area (TPSA) is 99.7 Å². The molecule has 33 heavy (non-hydrogen) atoms. The summed E-state index contributed by atoms with van der Waals surface area (Å²) in [6.45, 7) is 4.73. The van der Waals surface area contributed by atoms with Crippen LogP contribution < -0.4 is 25.2 Å². The van der Waals surface area contributed by atoms with Crippen molar-refractivity contribution in [2.75, 3.05) is 42.9 Å². The van der Waals surface area contributed by atoms with Crippen LogP contribution in [0.1, 0.15) is 49.9 Å². The maximum absolute atomic E-state index is 13.3. The highest BCUT2D eigenvalue weighted by Crippen LogP contribution is 2.42. The predicted octanol–water partition coefficient (Wildman–Crippen LogP) is 3.34. The molecule has 1 aliphatic carbocycles. The molecule has 0 radical (unpaired) electrons. The molecule has 9 nitrogen and oxygen atoms in total. The zero-order valence-corrected chi connectivity index (χ0v) is 19.9. The lowest BCUT2D eigenvalue weighted by Crippen LogP contribution is -2.49. The quantitative estimate of drug-likeness (QED) is 0.693. The highest BCUT2D eigenvalue weighted by molar-refractivity contribution is 6.01. The summed E-state index contributed by atoms with van der Waals surface area (Å²) in [4.78, 5) is 38.6. The second-order valence-electron chi connectivity index (χ2n) is 9.01. The molecule has 2 N–H and O–H groups in total. The van der Waals surface area contributed by atoms with Gasteiger partial charge >= 0.3 is 0 Å². The number of methoxy groups -OCH3 is 1. The van der Waals surface area contributed by atoms with Gasteiger partial charge in [0.05, 0.1) is 24.4 Å². The Morgan fingerprint density at radius 2 is 2.09 bits per heavy atom. The number of aromatic nitrogens is 2. The highest BCUT2D eigenvalue weighted by Gasteiger charge is 2.43. The van der Waals surface area contributed by atoms with Gasteiger partial charge in [-0.25, -0.2) is 4.98 Å². The number of carbonyl (C=O) groups excluding carboxylic acids is 2. The second kappa shape index (κ2) is 8.88. The maximum Gasteiger partial charge on any atom is 0.251 e. The van der Waals surface area contributed by atoms with Crippen LogP contribution in [-0.4, -0.2) is 55.6 Å². The van der Waals surface area contributed by atoms with Crippen molar-refractivity contribution in [3.05, 3.63) is 30.0 Å². The van der Waals surface area contributed by atoms with Crippen molar-refractivity contribution in [2.45, 2.75) is 45.6 Å². The molecule has 1 aromatic carbocycles. The molecule has 0 spiro atoms. The molecule has 1 aliphatic heterocycles. The van der Waals surface area contributed by atoms with Crippen LogP contribution >= 0.6 is 0 Å². The van der Waals surface area contributed by atoms with Crippen molar-refractivity contribution in [3.8, 4) is 5.75 Å². The van der Waals surface area contributed by atoms with Gasteiger partial charge in [0.1, 0.15) is 11.4 Å². The van der Waals surface area contributed by atoms with Crippen LogP contribution in [0.5, 0.6) is 5.75 Å². The third kappa shape index (κ3) is 4.07. The molecule has 1 aromatic heterocycles. The molecule has 1 saturated carbocycles. The number of nitrogens with zero attached hydrogens (tertiary/aromatic N) is 4. The summed E-state index contributed by atoms with van der Waals surface area (Å²) in [5.74, 6) is 1.58. The number of hydrogen-bond donors (Lipinski definition) is 2. The van der Waals surface area contributed by atoms with E-state index in [0.717, 1.165) is 30.8 Å². The van der Waals surface area contributed by atoms with E-state index >= 15 is 0 Å². The fraction of sp³-hybridized carbons (Fsp3) is 0.500. The number of benzene rings is 1. The lowest BCUT2D eigenvalue weighted by atomic mass is 9.83. The maximum atomic E-state index is 13.3. The standard InChI is InChI=1S/C24H32N6O3/c1-6-24(2)14-30(16-8-7-9-16)20-18(29(4)22(24)32)13-26-23(28-20)27-17-11-10-15(21(31)25-3)12-19(17)33-5/h10-13,16H,6-9,14H2,1-5H3,(H,25,31)(H,26,27,28). The third-order valence-electron chi connectivity index (χ3n) is 6.96. The minimum Gasteiger partial charge on any atom is -0.495 e. The van der Waals surface area contributed by atoms with Gasteiger partial charge in [0.2, 0.25) is 11.9 Å². The summed E-state index contributed by atoms with van der Waals surface area (Å²) in [7, 11) is 4.94. The van der Waals surface area contributed by atoms with Gasteiger partial charge in [-0.1, -0.05) is 6.92 Å². The van der Waals surface area contributed by atoms with Gasteiger partial charge in [0, 0.05) is 32.2 Å². The number of anilines is 4. The Kier molecular flexibility index (Phi) is 6.14. The summed E-state index contributed by atoms with van der Waals surface area (Å²) in [6, 6.07) is 5.53. The highest BCUT2D eigenvalue weighted by atomic mass is 16.5. The van der Waals surface area contributed by atoms with Crippen LogP contribution in [0.4, 0.5) is 23.1 Å². The van der Waals surface area contributed by atoms with E-state index in [0.29, 0.717) is 35.5 Å². The van der Waals surface area contributed by atoms with Crippen LogP contribution in [0.3, 0.4) is 0 Å². The first-order valence-corrected chi connectivity index (χ1v) is 11.4. The Morgan fingerprint density at radius 3 is 2.70 bits per heavy atom. The number of carbonyl (C=O) groups is 2. The first kappa shape index (κ1) is 22.8. The Labute approximate surface area is 194 Å². The first-order chi connectivity index (χ1) is 15.8. The summed E-state index contributed by atoms with van der Waals surface area (Å²) in [5, 5.41) is 5.84. The molecule has 1 fully saturated rings. The van der Waals surface area contributed by atoms with Gasteiger partial charge in [0.25, 0.3) is 5.91 Å². The lowest BCUT2D eigenvalue weighted by Gasteiger charge is -2.41. The first-order valence-electron chi connectivity index (χ1n) is 11.4. The van der Waals surface area contributed by atoms with Crippen molar-refractivity contribution < 1.29 is 14.3 Å². The number of nitrogens with one attached hydrogen (secondary N) is 2. The molecule has 9 heteroatoms. The molecule has 4 rings (SSSR count). The molecule has 1 atom stereocenters. The van der Waals surface area contributed by atoms with Gasteiger partial charge < -0.3 is 25.2 Å². The fourth-order valence-corrected chi connectivity index (χ4v) is 4.37. The molecule has 0 saturated heterocycles. The van der Waals surface area contributed by atoms with Gasteiger partial charge in [0.15, 0.2) is 5.82 Å². The van der Waals surface area contributed by atoms with Crippen molar-refractivity contribution in [1.82, 2.24) is 15.3 Å². The van der Waals surface area contributed by atoms with Crippen LogP contribution in [-0.2, 0) is 4.79 Å². The number of hydrogen-bond acceptors (Lipinski definition) is 7. The van der Waals surface area contributed by atoms with Crippen LogP contribution in [0.25, 0.3) is 0 Å². The predicted molar refractivity (Wildman–Crippen MR) is 128 cm³/mol. The molecule has 2 heterocycles. The average Bonchev–Trinajstić information content (AvgIpc) is 2.87. The molecule has 2 aromatic rings. The molecule has 0 bridgehead atoms. The van der Waals surface area contributed by atoms with Crippen LogP contribution in [0.15, 0.2) is 24.4 Å². The summed E-state index contributed by atoms with van der Waals surface area (Å²) < 4.78 is 5.48. The van der Waals surface area contributed by atoms with E-state index in [-0.39, 0.29) is 11.8 Å². The molecule has 176 valence electrons. The summed E-state index contributed by atoms with van der Waals surface area (Å²) in [6.07, 6.45) is 5.84. The minimum absolute atomic E-state index is 0.0869. The van der Waals surface area contributed by atoms with Gasteiger partial charge in [-0.2, -0.15) is 4.98 Å². The monoisotopic (exact) mass is 452 g/mol. The SMILES string of the molecule is CCC1(C)CN(C2CCC2)c2nc(Nc3ccc(C(=O)NC)cc3OC)ncc2N(C)C1=O. The fourth-order valence-electron chi connectivity index (χ4n) is 4.37. The van der Waals surface area contributed by atoms with E-state index in [2.05, 4.69) is 27.4 Å². The molecule has 2 amide bonds. The smallest absolute Gasteiger partial charge is 0.251 e. The largest absolute Gasteiger partial charge is 0.495 e. The summed E-state index contributed by atoms with van der Waals surface area (Å²) in [5.41, 5.74) is 1.38. The van der Waals surface area contributed by atoms with Crippen LogP contribution in [0, 0.1) is 5.41 Å². The Bertz CT molecular complexity index is 1070. The van der Waals surface area contributed by atoms with Crippen molar-refractivity contribution in [2.24, 2.45) is 5.41 Å². The van der Waals surface area contributed by atoms with E-state index in [4.69, 9.17) is 9.72 Å². The van der Waals surface area contributed by atoms with Crippen molar-refractivity contribution in [3.63, 3.8) is 0 Å². The van der Waals surface area contributed by atoms with Gasteiger partial charge in [-0.15, -0.1) is 0 Å². The van der Waals surface area contributed by atoms with E-state index in [1.54, 1.807) is 50.5 Å². The third-order valence-corrected chi connectivity index (χ3v) is 6.96. The zero-order chi connectivity index (χ0) is 23.8. The minimum atomic E-state index is -0.489.